The summed E-state index contributed by atoms with van der Waals surface area (Å²) < 4.78 is 8.01. The van der Waals surface area contributed by atoms with Crippen LogP contribution >= 0.6 is 15.9 Å². The van der Waals surface area contributed by atoms with Crippen molar-refractivity contribution in [1.29, 1.82) is 0 Å². The Morgan fingerprint density at radius 1 is 1.33 bits per heavy atom. The molecule has 1 amide bonds. The highest BCUT2D eigenvalue weighted by Crippen LogP contribution is 2.21. The van der Waals surface area contributed by atoms with Gasteiger partial charge in [0.1, 0.15) is 0 Å². The van der Waals surface area contributed by atoms with E-state index in [1.165, 1.54) is 6.20 Å². The Morgan fingerprint density at radius 2 is 2.14 bits per heavy atom. The Morgan fingerprint density at radius 3 is 2.90 bits per heavy atom. The van der Waals surface area contributed by atoms with Crippen LogP contribution in [0.4, 0.5) is 5.69 Å². The van der Waals surface area contributed by atoms with Gasteiger partial charge >= 0.3 is 0 Å². The molecule has 3 rings (SSSR count). The first-order valence-corrected chi connectivity index (χ1v) is 7.55. The second kappa shape index (κ2) is 6.36. The van der Waals surface area contributed by atoms with Crippen LogP contribution < -0.4 is 5.32 Å². The molecule has 0 aromatic carbocycles. The van der Waals surface area contributed by atoms with Crippen molar-refractivity contribution in [1.82, 2.24) is 14.8 Å². The summed E-state index contributed by atoms with van der Waals surface area (Å²) in [4.78, 5) is 16.1. The van der Waals surface area contributed by atoms with Gasteiger partial charge in [-0.3, -0.25) is 14.5 Å². The number of hydrogen-bond donors (Lipinski definition) is 1. The van der Waals surface area contributed by atoms with Gasteiger partial charge in [-0.15, -0.1) is 0 Å². The Labute approximate surface area is 130 Å². The second-order valence-corrected chi connectivity index (χ2v) is 5.81. The van der Waals surface area contributed by atoms with Gasteiger partial charge < -0.3 is 10.1 Å². The first-order valence-electron chi connectivity index (χ1n) is 6.76. The van der Waals surface area contributed by atoms with Gasteiger partial charge in [0.2, 0.25) is 0 Å². The van der Waals surface area contributed by atoms with Gasteiger partial charge in [0.15, 0.2) is 0 Å². The molecule has 7 heteroatoms. The van der Waals surface area contributed by atoms with Crippen LogP contribution in [-0.4, -0.2) is 33.9 Å². The van der Waals surface area contributed by atoms with E-state index in [1.807, 2.05) is 10.9 Å². The van der Waals surface area contributed by atoms with E-state index in [9.17, 15) is 4.79 Å². The standard InChI is InChI=1S/C14H15BrN4O2/c15-11-5-10(6-16-7-11)14(20)18-12-8-17-19(9-12)13-1-3-21-4-2-13/h5-9,13H,1-4H2,(H,18,20). The van der Waals surface area contributed by atoms with E-state index in [1.54, 1.807) is 18.5 Å². The third kappa shape index (κ3) is 3.48. The molecule has 21 heavy (non-hydrogen) atoms. The van der Waals surface area contributed by atoms with Gasteiger partial charge in [-0.2, -0.15) is 5.10 Å². The maximum Gasteiger partial charge on any atom is 0.257 e. The maximum absolute atomic E-state index is 12.1. The van der Waals surface area contributed by atoms with Crippen LogP contribution in [0.5, 0.6) is 0 Å². The van der Waals surface area contributed by atoms with Crippen molar-refractivity contribution in [2.75, 3.05) is 18.5 Å². The number of anilines is 1. The first kappa shape index (κ1) is 14.2. The van der Waals surface area contributed by atoms with E-state index >= 15 is 0 Å². The molecule has 1 aliphatic rings. The number of nitrogens with one attached hydrogen (secondary N) is 1. The highest BCUT2D eigenvalue weighted by molar-refractivity contribution is 9.10. The average molecular weight is 351 g/mol. The van der Waals surface area contributed by atoms with E-state index in [4.69, 9.17) is 4.74 Å². The molecule has 3 heterocycles. The third-order valence-electron chi connectivity index (χ3n) is 3.39. The predicted octanol–water partition coefficient (Wildman–Crippen LogP) is 2.64. The number of carbonyl (C=O) groups excluding carboxylic acids is 1. The minimum Gasteiger partial charge on any atom is -0.381 e. The van der Waals surface area contributed by atoms with Crippen molar-refractivity contribution in [3.8, 4) is 0 Å². The summed E-state index contributed by atoms with van der Waals surface area (Å²) in [5.41, 5.74) is 1.19. The zero-order chi connectivity index (χ0) is 14.7. The predicted molar refractivity (Wildman–Crippen MR) is 81.2 cm³/mol. The molecule has 0 unspecified atom stereocenters. The molecule has 6 nitrogen and oxygen atoms in total. The van der Waals surface area contributed by atoms with Crippen LogP contribution in [0.3, 0.4) is 0 Å². The lowest BCUT2D eigenvalue weighted by Crippen LogP contribution is -2.19. The van der Waals surface area contributed by atoms with Crippen molar-refractivity contribution in [3.05, 3.63) is 40.9 Å². The van der Waals surface area contributed by atoms with Gasteiger partial charge in [-0.25, -0.2) is 0 Å². The maximum atomic E-state index is 12.1. The molecular formula is C14H15BrN4O2. The summed E-state index contributed by atoms with van der Waals surface area (Å²) in [7, 11) is 0. The van der Waals surface area contributed by atoms with Gasteiger partial charge in [0.05, 0.1) is 23.5 Å². The summed E-state index contributed by atoms with van der Waals surface area (Å²) in [6.07, 6.45) is 8.59. The zero-order valence-electron chi connectivity index (χ0n) is 11.3. The number of hydrogen-bond acceptors (Lipinski definition) is 4. The largest absolute Gasteiger partial charge is 0.381 e. The molecule has 2 aromatic rings. The Hall–Kier alpha value is -1.73. The van der Waals surface area contributed by atoms with Crippen LogP contribution in [0, 0.1) is 0 Å². The Kier molecular flexibility index (Phi) is 4.31. The number of nitrogens with zero attached hydrogens (tertiary/aromatic N) is 3. The molecule has 0 spiro atoms. The van der Waals surface area contributed by atoms with Crippen LogP contribution in [0.15, 0.2) is 35.3 Å². The fourth-order valence-corrected chi connectivity index (χ4v) is 2.66. The van der Waals surface area contributed by atoms with Gasteiger partial charge in [-0.05, 0) is 34.8 Å². The normalized spacial score (nSPS) is 15.9. The number of amides is 1. The molecule has 1 aliphatic heterocycles. The van der Waals surface area contributed by atoms with Gasteiger partial charge in [0.25, 0.3) is 5.91 Å². The first-order chi connectivity index (χ1) is 10.2. The van der Waals surface area contributed by atoms with E-state index in [0.29, 0.717) is 17.3 Å². The molecule has 2 aromatic heterocycles. The SMILES string of the molecule is O=C(Nc1cnn(C2CCOCC2)c1)c1cncc(Br)c1. The van der Waals surface area contributed by atoms with Crippen LogP contribution in [0.1, 0.15) is 29.2 Å². The summed E-state index contributed by atoms with van der Waals surface area (Å²) in [6, 6.07) is 2.07. The summed E-state index contributed by atoms with van der Waals surface area (Å²) >= 11 is 3.30. The summed E-state index contributed by atoms with van der Waals surface area (Å²) in [5.74, 6) is -0.199. The smallest absolute Gasteiger partial charge is 0.257 e. The average Bonchev–Trinajstić information content (AvgIpc) is 2.97. The highest BCUT2D eigenvalue weighted by Gasteiger charge is 2.17. The van der Waals surface area contributed by atoms with Gasteiger partial charge in [0, 0.05) is 36.3 Å². The number of carbonyl (C=O) groups is 1. The van der Waals surface area contributed by atoms with Crippen molar-refractivity contribution < 1.29 is 9.53 Å². The lowest BCUT2D eigenvalue weighted by atomic mass is 10.1. The van der Waals surface area contributed by atoms with Crippen molar-refractivity contribution in [2.24, 2.45) is 0 Å². The molecule has 0 atom stereocenters. The van der Waals surface area contributed by atoms with Gasteiger partial charge in [-0.1, -0.05) is 0 Å². The molecule has 1 N–H and O–H groups in total. The molecule has 0 radical (unpaired) electrons. The second-order valence-electron chi connectivity index (χ2n) is 4.90. The third-order valence-corrected chi connectivity index (χ3v) is 3.83. The minimum atomic E-state index is -0.199. The number of pyridine rings is 1. The van der Waals surface area contributed by atoms with Crippen molar-refractivity contribution in [3.63, 3.8) is 0 Å². The summed E-state index contributed by atoms with van der Waals surface area (Å²) in [5, 5.41) is 7.16. The van der Waals surface area contributed by atoms with E-state index < -0.39 is 0 Å². The lowest BCUT2D eigenvalue weighted by Gasteiger charge is -2.22. The molecule has 0 aliphatic carbocycles. The zero-order valence-corrected chi connectivity index (χ0v) is 12.9. The molecule has 1 fully saturated rings. The Balaban J connectivity index is 1.68. The number of rotatable bonds is 3. The highest BCUT2D eigenvalue weighted by atomic mass is 79.9. The van der Waals surface area contributed by atoms with E-state index in [0.717, 1.165) is 30.5 Å². The molecule has 0 saturated carbocycles. The Bertz CT molecular complexity index is 637. The minimum absolute atomic E-state index is 0.199. The topological polar surface area (TPSA) is 69.0 Å². The van der Waals surface area contributed by atoms with Crippen molar-refractivity contribution >= 4 is 27.5 Å². The van der Waals surface area contributed by atoms with Crippen LogP contribution in [0.2, 0.25) is 0 Å². The number of halogens is 1. The van der Waals surface area contributed by atoms with Crippen LogP contribution in [0.25, 0.3) is 0 Å². The van der Waals surface area contributed by atoms with Crippen LogP contribution in [-0.2, 0) is 4.74 Å². The van der Waals surface area contributed by atoms with E-state index in [2.05, 4.69) is 31.3 Å². The van der Waals surface area contributed by atoms with Crippen molar-refractivity contribution in [2.45, 2.75) is 18.9 Å². The molecule has 1 saturated heterocycles. The number of aromatic nitrogens is 3. The monoisotopic (exact) mass is 350 g/mol. The number of ether oxygens (including phenoxy) is 1. The quantitative estimate of drug-likeness (QED) is 0.923. The fourth-order valence-electron chi connectivity index (χ4n) is 2.29. The lowest BCUT2D eigenvalue weighted by molar-refractivity contribution is 0.0662. The summed E-state index contributed by atoms with van der Waals surface area (Å²) in [6.45, 7) is 1.52. The molecule has 110 valence electrons. The fraction of sp³-hybridized carbons (Fsp3) is 0.357. The molecular weight excluding hydrogens is 336 g/mol. The molecule has 0 bridgehead atoms. The van der Waals surface area contributed by atoms with E-state index in [-0.39, 0.29) is 5.91 Å².